The predicted molar refractivity (Wildman–Crippen MR) is 62.6 cm³/mol. The van der Waals surface area contributed by atoms with Crippen molar-refractivity contribution in [2.24, 2.45) is 0 Å². The van der Waals surface area contributed by atoms with E-state index in [9.17, 15) is 5.11 Å². The molecule has 0 saturated carbocycles. The lowest BCUT2D eigenvalue weighted by molar-refractivity contribution is 0.0445. The van der Waals surface area contributed by atoms with Crippen LogP contribution in [0.3, 0.4) is 0 Å². The quantitative estimate of drug-likeness (QED) is 0.726. The van der Waals surface area contributed by atoms with Gasteiger partial charge in [0.05, 0.1) is 5.60 Å². The van der Waals surface area contributed by atoms with Crippen LogP contribution in [0.15, 0.2) is 24.5 Å². The maximum absolute atomic E-state index is 10.2. The van der Waals surface area contributed by atoms with Crippen molar-refractivity contribution in [1.29, 1.82) is 0 Å². The smallest absolute Gasteiger partial charge is 0.0883 e. The van der Waals surface area contributed by atoms with Gasteiger partial charge in [0.15, 0.2) is 0 Å². The van der Waals surface area contributed by atoms with E-state index in [1.54, 1.807) is 12.4 Å². The van der Waals surface area contributed by atoms with Crippen molar-refractivity contribution in [2.45, 2.75) is 51.6 Å². The van der Waals surface area contributed by atoms with E-state index < -0.39 is 5.60 Å². The summed E-state index contributed by atoms with van der Waals surface area (Å²) < 4.78 is 0. The molecule has 1 N–H and O–H groups in total. The van der Waals surface area contributed by atoms with Gasteiger partial charge in [-0.3, -0.25) is 4.98 Å². The minimum Gasteiger partial charge on any atom is -0.385 e. The molecule has 0 saturated heterocycles. The Balaban J connectivity index is 2.45. The molecule has 1 aromatic heterocycles. The third-order valence-electron chi connectivity index (χ3n) is 2.80. The molecule has 84 valence electrons. The van der Waals surface area contributed by atoms with Crippen LogP contribution in [0, 0.1) is 0 Å². The lowest BCUT2D eigenvalue weighted by Crippen LogP contribution is -2.21. The molecule has 0 aliphatic rings. The molecule has 0 spiro atoms. The van der Waals surface area contributed by atoms with Crippen molar-refractivity contribution in [1.82, 2.24) is 4.98 Å². The monoisotopic (exact) mass is 207 g/mol. The van der Waals surface area contributed by atoms with Crippen LogP contribution in [0.25, 0.3) is 0 Å². The molecule has 15 heavy (non-hydrogen) atoms. The Kier molecular flexibility index (Phi) is 4.76. The second-order valence-corrected chi connectivity index (χ2v) is 4.33. The molecule has 1 unspecified atom stereocenters. The van der Waals surface area contributed by atoms with E-state index in [1.807, 2.05) is 19.1 Å². The highest BCUT2D eigenvalue weighted by molar-refractivity contribution is 5.16. The van der Waals surface area contributed by atoms with Crippen LogP contribution >= 0.6 is 0 Å². The second-order valence-electron chi connectivity index (χ2n) is 4.33. The van der Waals surface area contributed by atoms with Gasteiger partial charge in [-0.1, -0.05) is 38.7 Å². The number of pyridine rings is 1. The number of unbranched alkanes of at least 4 members (excludes halogenated alkanes) is 3. The zero-order chi connectivity index (χ0) is 11.1. The fourth-order valence-electron chi connectivity index (χ4n) is 1.72. The van der Waals surface area contributed by atoms with Crippen molar-refractivity contribution < 1.29 is 5.11 Å². The molecular weight excluding hydrogens is 186 g/mol. The first kappa shape index (κ1) is 12.2. The molecule has 0 fully saturated rings. The number of nitrogens with zero attached hydrogens (tertiary/aromatic N) is 1. The van der Waals surface area contributed by atoms with E-state index in [2.05, 4.69) is 11.9 Å². The first-order valence-electron chi connectivity index (χ1n) is 5.79. The summed E-state index contributed by atoms with van der Waals surface area (Å²) in [5.41, 5.74) is 0.198. The first-order valence-corrected chi connectivity index (χ1v) is 5.79. The molecular formula is C13H21NO. The number of rotatable bonds is 6. The van der Waals surface area contributed by atoms with Gasteiger partial charge in [0.2, 0.25) is 0 Å². The van der Waals surface area contributed by atoms with E-state index >= 15 is 0 Å². The minimum absolute atomic E-state index is 0.720. The average molecular weight is 207 g/mol. The van der Waals surface area contributed by atoms with Crippen LogP contribution in [0.2, 0.25) is 0 Å². The van der Waals surface area contributed by atoms with Gasteiger partial charge in [0.1, 0.15) is 0 Å². The molecule has 0 aromatic carbocycles. The van der Waals surface area contributed by atoms with E-state index in [-0.39, 0.29) is 0 Å². The van der Waals surface area contributed by atoms with Gasteiger partial charge in [-0.15, -0.1) is 0 Å². The Bertz CT molecular complexity index is 269. The van der Waals surface area contributed by atoms with Gasteiger partial charge in [-0.25, -0.2) is 0 Å². The minimum atomic E-state index is -0.720. The van der Waals surface area contributed by atoms with E-state index in [0.717, 1.165) is 18.4 Å². The SMILES string of the molecule is CCCCCCC(C)(O)c1cccnc1. The molecule has 1 atom stereocenters. The van der Waals surface area contributed by atoms with Gasteiger partial charge in [0, 0.05) is 18.0 Å². The fraction of sp³-hybridized carbons (Fsp3) is 0.615. The number of aromatic nitrogens is 1. The zero-order valence-electron chi connectivity index (χ0n) is 9.74. The normalized spacial score (nSPS) is 14.9. The van der Waals surface area contributed by atoms with Crippen LogP contribution < -0.4 is 0 Å². The Morgan fingerprint density at radius 2 is 2.13 bits per heavy atom. The van der Waals surface area contributed by atoms with Gasteiger partial charge in [-0.2, -0.15) is 0 Å². The van der Waals surface area contributed by atoms with Crippen LogP contribution in [0.5, 0.6) is 0 Å². The Labute approximate surface area is 92.4 Å². The molecule has 0 radical (unpaired) electrons. The zero-order valence-corrected chi connectivity index (χ0v) is 9.74. The number of hydrogen-bond acceptors (Lipinski definition) is 2. The second kappa shape index (κ2) is 5.86. The molecule has 2 heteroatoms. The highest BCUT2D eigenvalue weighted by Gasteiger charge is 2.22. The van der Waals surface area contributed by atoms with Gasteiger partial charge >= 0.3 is 0 Å². The summed E-state index contributed by atoms with van der Waals surface area (Å²) in [6.07, 6.45) is 9.07. The largest absolute Gasteiger partial charge is 0.385 e. The predicted octanol–water partition coefficient (Wildman–Crippen LogP) is 3.26. The Morgan fingerprint density at radius 1 is 1.33 bits per heavy atom. The topological polar surface area (TPSA) is 33.1 Å². The molecule has 1 aromatic rings. The van der Waals surface area contributed by atoms with Crippen LogP contribution in [0.1, 0.15) is 51.5 Å². The molecule has 2 nitrogen and oxygen atoms in total. The van der Waals surface area contributed by atoms with Crippen molar-refractivity contribution in [3.8, 4) is 0 Å². The molecule has 0 amide bonds. The highest BCUT2D eigenvalue weighted by Crippen LogP contribution is 2.25. The van der Waals surface area contributed by atoms with Crippen LogP contribution in [-0.2, 0) is 5.60 Å². The lowest BCUT2D eigenvalue weighted by Gasteiger charge is -2.23. The third kappa shape index (κ3) is 4.00. The van der Waals surface area contributed by atoms with Crippen molar-refractivity contribution in [2.75, 3.05) is 0 Å². The van der Waals surface area contributed by atoms with E-state index in [1.165, 1.54) is 19.3 Å². The first-order chi connectivity index (χ1) is 7.17. The highest BCUT2D eigenvalue weighted by atomic mass is 16.3. The van der Waals surface area contributed by atoms with Crippen LogP contribution in [0.4, 0.5) is 0 Å². The molecule has 0 aliphatic carbocycles. The summed E-state index contributed by atoms with van der Waals surface area (Å²) in [4.78, 5) is 4.04. The maximum Gasteiger partial charge on any atom is 0.0883 e. The number of hydrogen-bond donors (Lipinski definition) is 1. The Morgan fingerprint density at radius 3 is 2.73 bits per heavy atom. The van der Waals surface area contributed by atoms with E-state index in [0.29, 0.717) is 0 Å². The summed E-state index contributed by atoms with van der Waals surface area (Å²) in [6.45, 7) is 4.06. The molecule has 1 heterocycles. The van der Waals surface area contributed by atoms with Gasteiger partial charge in [0.25, 0.3) is 0 Å². The summed E-state index contributed by atoms with van der Waals surface area (Å²) in [5, 5.41) is 10.2. The summed E-state index contributed by atoms with van der Waals surface area (Å²) >= 11 is 0. The van der Waals surface area contributed by atoms with Crippen molar-refractivity contribution in [3.63, 3.8) is 0 Å². The third-order valence-corrected chi connectivity index (χ3v) is 2.80. The van der Waals surface area contributed by atoms with Crippen molar-refractivity contribution in [3.05, 3.63) is 30.1 Å². The van der Waals surface area contributed by atoms with Gasteiger partial charge in [-0.05, 0) is 19.4 Å². The summed E-state index contributed by atoms with van der Waals surface area (Å²) in [7, 11) is 0. The summed E-state index contributed by atoms with van der Waals surface area (Å²) in [5.74, 6) is 0. The number of aliphatic hydroxyl groups is 1. The standard InChI is InChI=1S/C13H21NO/c1-3-4-5-6-9-13(2,15)12-8-7-10-14-11-12/h7-8,10-11,15H,3-6,9H2,1-2H3. The maximum atomic E-state index is 10.2. The summed E-state index contributed by atoms with van der Waals surface area (Å²) in [6, 6.07) is 3.81. The average Bonchev–Trinajstić information content (AvgIpc) is 2.26. The lowest BCUT2D eigenvalue weighted by atomic mass is 9.91. The van der Waals surface area contributed by atoms with E-state index in [4.69, 9.17) is 0 Å². The Hall–Kier alpha value is -0.890. The fourth-order valence-corrected chi connectivity index (χ4v) is 1.72. The molecule has 1 rings (SSSR count). The van der Waals surface area contributed by atoms with Gasteiger partial charge < -0.3 is 5.11 Å². The molecule has 0 bridgehead atoms. The van der Waals surface area contributed by atoms with Crippen molar-refractivity contribution >= 4 is 0 Å². The van der Waals surface area contributed by atoms with Crippen LogP contribution in [-0.4, -0.2) is 10.1 Å². The molecule has 0 aliphatic heterocycles.